The molecule has 166 valence electrons. The van der Waals surface area contributed by atoms with E-state index in [4.69, 9.17) is 7.85 Å². The van der Waals surface area contributed by atoms with E-state index in [1.165, 1.54) is 36.1 Å². The average molecular weight is 555 g/mol. The molecule has 0 bridgehead atoms. The number of halogens is 2. The molecule has 5 heteroatoms. The van der Waals surface area contributed by atoms with Gasteiger partial charge in [0.2, 0.25) is 0 Å². The molecule has 0 atom stereocenters. The molecular formula is C27H32BBr2N2+. The monoisotopic (exact) mass is 553 g/mol. The van der Waals surface area contributed by atoms with Gasteiger partial charge in [0.15, 0.2) is 0 Å². The highest BCUT2D eigenvalue weighted by Gasteiger charge is 2.16. The minimum absolute atomic E-state index is 0.819. The molecule has 0 aromatic heterocycles. The van der Waals surface area contributed by atoms with Crippen molar-refractivity contribution >= 4 is 45.2 Å². The number of hydrogen-bond donors (Lipinski definition) is 0. The summed E-state index contributed by atoms with van der Waals surface area (Å²) in [5.74, 6) is 0. The van der Waals surface area contributed by atoms with Crippen molar-refractivity contribution in [3.63, 3.8) is 0 Å². The van der Waals surface area contributed by atoms with Crippen molar-refractivity contribution in [3.05, 3.63) is 98.4 Å². The quantitative estimate of drug-likeness (QED) is 0.158. The molecule has 0 amide bonds. The van der Waals surface area contributed by atoms with Crippen LogP contribution in [0, 0.1) is 0 Å². The van der Waals surface area contributed by atoms with Crippen LogP contribution in [0.25, 0.3) is 0 Å². The van der Waals surface area contributed by atoms with Crippen LogP contribution in [0.5, 0.6) is 0 Å². The van der Waals surface area contributed by atoms with Gasteiger partial charge in [-0.15, -0.1) is 0 Å². The van der Waals surface area contributed by atoms with Crippen LogP contribution in [-0.2, 0) is 19.6 Å². The van der Waals surface area contributed by atoms with Gasteiger partial charge in [-0.3, -0.25) is 4.90 Å². The van der Waals surface area contributed by atoms with Crippen molar-refractivity contribution in [2.45, 2.75) is 32.5 Å². The molecule has 3 aromatic rings. The highest BCUT2D eigenvalue weighted by atomic mass is 79.9. The summed E-state index contributed by atoms with van der Waals surface area (Å²) in [5, 5.41) is 0. The molecule has 0 saturated carbocycles. The van der Waals surface area contributed by atoms with Gasteiger partial charge in [-0.2, -0.15) is 0 Å². The maximum Gasteiger partial charge on any atom is 0.113 e. The van der Waals surface area contributed by atoms with Crippen LogP contribution in [0.4, 0.5) is 0 Å². The molecule has 0 N–H and O–H groups in total. The summed E-state index contributed by atoms with van der Waals surface area (Å²) in [6.45, 7) is 5.20. The Morgan fingerprint density at radius 3 is 1.69 bits per heavy atom. The number of quaternary nitrogens is 1. The van der Waals surface area contributed by atoms with Gasteiger partial charge in [0.25, 0.3) is 0 Å². The van der Waals surface area contributed by atoms with Gasteiger partial charge < -0.3 is 4.48 Å². The van der Waals surface area contributed by atoms with Crippen molar-refractivity contribution in [3.8, 4) is 0 Å². The van der Waals surface area contributed by atoms with Crippen LogP contribution >= 0.6 is 31.9 Å². The predicted octanol–water partition coefficient (Wildman–Crippen LogP) is 6.06. The molecule has 2 nitrogen and oxygen atoms in total. The fourth-order valence-corrected chi connectivity index (χ4v) is 4.51. The highest BCUT2D eigenvalue weighted by molar-refractivity contribution is 9.10. The summed E-state index contributed by atoms with van der Waals surface area (Å²) >= 11 is 7.07. The molecule has 32 heavy (non-hydrogen) atoms. The van der Waals surface area contributed by atoms with Crippen LogP contribution in [0.15, 0.2) is 81.7 Å². The Morgan fingerprint density at radius 2 is 1.16 bits per heavy atom. The number of unbranched alkanes of at least 4 members (excludes halogenated alkanes) is 1. The minimum Gasteiger partial charge on any atom is -0.325 e. The molecule has 0 aliphatic heterocycles. The minimum atomic E-state index is 0.819. The average Bonchev–Trinajstić information content (AvgIpc) is 2.76. The van der Waals surface area contributed by atoms with E-state index < -0.39 is 0 Å². The third-order valence-corrected chi connectivity index (χ3v) is 6.77. The SMILES string of the molecule is [B]c1ccc(CN(CCCC[N+](C)(C)Cc2ccc(Br)cc2)Cc2ccc(Br)cc2)cc1. The second-order valence-electron chi connectivity index (χ2n) is 9.23. The third kappa shape index (κ3) is 8.86. The second-order valence-corrected chi connectivity index (χ2v) is 11.1. The van der Waals surface area contributed by atoms with E-state index in [1.54, 1.807) is 0 Å². The van der Waals surface area contributed by atoms with E-state index in [0.29, 0.717) is 0 Å². The normalized spacial score (nSPS) is 11.8. The summed E-state index contributed by atoms with van der Waals surface area (Å²) < 4.78 is 3.27. The van der Waals surface area contributed by atoms with E-state index in [2.05, 4.69) is 112 Å². The van der Waals surface area contributed by atoms with Gasteiger partial charge in [-0.25, -0.2) is 0 Å². The van der Waals surface area contributed by atoms with Gasteiger partial charge in [0, 0.05) is 27.6 Å². The molecule has 3 rings (SSSR count). The highest BCUT2D eigenvalue weighted by Crippen LogP contribution is 2.17. The van der Waals surface area contributed by atoms with Crippen LogP contribution in [0.3, 0.4) is 0 Å². The fourth-order valence-electron chi connectivity index (χ4n) is 3.98. The lowest BCUT2D eigenvalue weighted by Crippen LogP contribution is -2.39. The van der Waals surface area contributed by atoms with Crippen LogP contribution in [0.2, 0.25) is 0 Å². The zero-order valence-electron chi connectivity index (χ0n) is 19.1. The number of nitrogens with zero attached hydrogens (tertiary/aromatic N) is 2. The van der Waals surface area contributed by atoms with E-state index in [9.17, 15) is 0 Å². The van der Waals surface area contributed by atoms with E-state index in [-0.39, 0.29) is 0 Å². The summed E-state index contributed by atoms with van der Waals surface area (Å²) in [6, 6.07) is 25.6. The van der Waals surface area contributed by atoms with Gasteiger partial charge >= 0.3 is 0 Å². The Bertz CT molecular complexity index is 907. The van der Waals surface area contributed by atoms with Crippen molar-refractivity contribution in [2.24, 2.45) is 0 Å². The number of rotatable bonds is 11. The number of hydrogen-bond acceptors (Lipinski definition) is 1. The molecule has 0 heterocycles. The van der Waals surface area contributed by atoms with Crippen molar-refractivity contribution in [1.82, 2.24) is 4.90 Å². The maximum absolute atomic E-state index is 5.87. The Balaban J connectivity index is 1.54. The summed E-state index contributed by atoms with van der Waals surface area (Å²) in [4.78, 5) is 2.55. The first kappa shape index (κ1) is 25.2. The Hall–Kier alpha value is -1.40. The van der Waals surface area contributed by atoms with E-state index in [0.717, 1.165) is 45.1 Å². The molecule has 2 radical (unpaired) electrons. The Morgan fingerprint density at radius 1 is 0.688 bits per heavy atom. The first-order valence-electron chi connectivity index (χ1n) is 11.2. The van der Waals surface area contributed by atoms with Crippen LogP contribution in [-0.4, -0.2) is 44.4 Å². The standard InChI is InChI=1S/C27H32BBr2N2/c1-32(2,21-24-9-15-27(30)16-10-24)18-4-3-17-31(19-22-5-11-25(28)12-6-22)20-23-7-13-26(29)14-8-23/h5-16H,3-4,17-21H2,1-2H3/q+1. The van der Waals surface area contributed by atoms with Gasteiger partial charge in [0.1, 0.15) is 14.4 Å². The predicted molar refractivity (Wildman–Crippen MR) is 144 cm³/mol. The van der Waals surface area contributed by atoms with Crippen LogP contribution < -0.4 is 5.46 Å². The van der Waals surface area contributed by atoms with Crippen LogP contribution in [0.1, 0.15) is 29.5 Å². The third-order valence-electron chi connectivity index (χ3n) is 5.72. The largest absolute Gasteiger partial charge is 0.325 e. The zero-order chi connectivity index (χ0) is 23.0. The van der Waals surface area contributed by atoms with Gasteiger partial charge in [0.05, 0.1) is 20.6 Å². The molecule has 0 aliphatic rings. The summed E-state index contributed by atoms with van der Waals surface area (Å²) in [5.41, 5.74) is 4.86. The lowest BCUT2D eigenvalue weighted by atomic mass is 9.95. The summed E-state index contributed by atoms with van der Waals surface area (Å²) in [6.07, 6.45) is 2.40. The molecular weight excluding hydrogens is 523 g/mol. The first-order chi connectivity index (χ1) is 15.3. The molecule has 0 unspecified atom stereocenters. The molecule has 0 saturated heterocycles. The molecule has 0 aliphatic carbocycles. The van der Waals surface area contributed by atoms with E-state index in [1.807, 2.05) is 12.1 Å². The first-order valence-corrected chi connectivity index (χ1v) is 12.8. The molecule has 0 spiro atoms. The zero-order valence-corrected chi connectivity index (χ0v) is 22.3. The lowest BCUT2D eigenvalue weighted by Gasteiger charge is -2.30. The number of benzene rings is 3. The lowest BCUT2D eigenvalue weighted by molar-refractivity contribution is -0.903. The van der Waals surface area contributed by atoms with Gasteiger partial charge in [-0.1, -0.05) is 85.9 Å². The van der Waals surface area contributed by atoms with E-state index >= 15 is 0 Å². The topological polar surface area (TPSA) is 3.24 Å². The second kappa shape index (κ2) is 12.2. The molecule has 3 aromatic carbocycles. The van der Waals surface area contributed by atoms with Gasteiger partial charge in [-0.05, 0) is 54.8 Å². The fraction of sp³-hybridized carbons (Fsp3) is 0.333. The van der Waals surface area contributed by atoms with Crippen molar-refractivity contribution < 1.29 is 4.48 Å². The van der Waals surface area contributed by atoms with Crippen molar-refractivity contribution in [2.75, 3.05) is 27.2 Å². The Labute approximate surface area is 211 Å². The Kier molecular flexibility index (Phi) is 9.60. The maximum atomic E-state index is 5.87. The van der Waals surface area contributed by atoms with Crippen molar-refractivity contribution in [1.29, 1.82) is 0 Å². The summed E-state index contributed by atoms with van der Waals surface area (Å²) in [7, 11) is 10.5. The molecule has 0 fully saturated rings. The smallest absolute Gasteiger partial charge is 0.113 e.